The number of anilines is 3. The van der Waals surface area contributed by atoms with E-state index in [1.807, 2.05) is 17.5 Å². The fraction of sp³-hybridized carbons (Fsp3) is 0.0476. The van der Waals surface area contributed by atoms with Gasteiger partial charge in [0.15, 0.2) is 23.3 Å². The zero-order valence-corrected chi connectivity index (χ0v) is 16.2. The van der Waals surface area contributed by atoms with Crippen molar-refractivity contribution < 1.29 is 18.0 Å². The number of nitrogens with two attached hydrogens (primary N) is 2. The molecule has 5 N–H and O–H groups in total. The molecule has 4 aromatic rings. The van der Waals surface area contributed by atoms with Crippen LogP contribution in [0.5, 0.6) is 0 Å². The van der Waals surface area contributed by atoms with E-state index in [1.165, 1.54) is 12.3 Å². The second-order valence-electron chi connectivity index (χ2n) is 6.59. The standard InChI is InChI=1S/C21H15F3N4OS/c22-16-12(7-11-3-5-27-20(25)17(11)23)9-14(21(26)29)19(18(16)24)28-13-1-2-15-10(8-13)4-6-30-15/h1-6,8-9,28H,7H2,(H2,25,27)(H2,26,29). The highest BCUT2D eigenvalue weighted by Gasteiger charge is 2.23. The van der Waals surface area contributed by atoms with Crippen LogP contribution in [-0.4, -0.2) is 10.9 Å². The summed E-state index contributed by atoms with van der Waals surface area (Å²) >= 11 is 1.54. The predicted octanol–water partition coefficient (Wildman–Crippen LogP) is 4.73. The molecule has 0 saturated heterocycles. The number of fused-ring (bicyclic) bond motifs is 1. The molecule has 5 nitrogen and oxygen atoms in total. The molecule has 0 spiro atoms. The molecule has 30 heavy (non-hydrogen) atoms. The Morgan fingerprint density at radius 1 is 1.03 bits per heavy atom. The Kier molecular flexibility index (Phi) is 5.04. The highest BCUT2D eigenvalue weighted by molar-refractivity contribution is 7.17. The number of nitrogens with zero attached hydrogens (tertiary/aromatic N) is 1. The van der Waals surface area contributed by atoms with Crippen molar-refractivity contribution in [1.82, 2.24) is 4.98 Å². The van der Waals surface area contributed by atoms with Crippen LogP contribution in [0.4, 0.5) is 30.4 Å². The zero-order valence-electron chi connectivity index (χ0n) is 15.4. The number of carbonyl (C=O) groups excluding carboxylic acids is 1. The first kappa shape index (κ1) is 19.7. The number of hydrogen-bond donors (Lipinski definition) is 3. The quantitative estimate of drug-likeness (QED) is 0.428. The lowest BCUT2D eigenvalue weighted by Gasteiger charge is -2.15. The molecule has 2 aromatic heterocycles. The molecule has 0 saturated carbocycles. The van der Waals surface area contributed by atoms with E-state index in [9.17, 15) is 18.0 Å². The van der Waals surface area contributed by atoms with Crippen LogP contribution in [0.3, 0.4) is 0 Å². The third-order valence-corrected chi connectivity index (χ3v) is 5.54. The Hall–Kier alpha value is -3.59. The van der Waals surface area contributed by atoms with Gasteiger partial charge in [0.2, 0.25) is 0 Å². The molecular formula is C21H15F3N4OS. The van der Waals surface area contributed by atoms with Gasteiger partial charge in [-0.1, -0.05) is 0 Å². The number of hydrogen-bond acceptors (Lipinski definition) is 5. The van der Waals surface area contributed by atoms with Crippen LogP contribution < -0.4 is 16.8 Å². The first-order valence-corrected chi connectivity index (χ1v) is 9.67. The van der Waals surface area contributed by atoms with Gasteiger partial charge in [-0.25, -0.2) is 18.2 Å². The summed E-state index contributed by atoms with van der Waals surface area (Å²) < 4.78 is 44.9. The van der Waals surface area contributed by atoms with Crippen molar-refractivity contribution >= 4 is 44.5 Å². The molecule has 1 amide bonds. The summed E-state index contributed by atoms with van der Waals surface area (Å²) in [5.74, 6) is -4.64. The highest BCUT2D eigenvalue weighted by Crippen LogP contribution is 2.32. The SMILES string of the molecule is NC(=O)c1cc(Cc2ccnc(N)c2F)c(F)c(F)c1Nc1ccc2sccc2c1. The number of nitrogens with one attached hydrogen (secondary N) is 1. The molecule has 0 atom stereocenters. The van der Waals surface area contributed by atoms with E-state index in [0.717, 1.165) is 16.2 Å². The molecule has 2 aromatic carbocycles. The lowest BCUT2D eigenvalue weighted by atomic mass is 10.00. The molecule has 0 aliphatic heterocycles. The summed E-state index contributed by atoms with van der Waals surface area (Å²) in [7, 11) is 0. The lowest BCUT2D eigenvalue weighted by Crippen LogP contribution is -2.16. The molecule has 0 unspecified atom stereocenters. The van der Waals surface area contributed by atoms with Gasteiger partial charge >= 0.3 is 0 Å². The largest absolute Gasteiger partial charge is 0.381 e. The average Bonchev–Trinajstić information content (AvgIpc) is 3.18. The highest BCUT2D eigenvalue weighted by atomic mass is 32.1. The molecule has 0 radical (unpaired) electrons. The van der Waals surface area contributed by atoms with Crippen LogP contribution >= 0.6 is 11.3 Å². The number of thiophene rings is 1. The van der Waals surface area contributed by atoms with Gasteiger partial charge in [0.1, 0.15) is 0 Å². The van der Waals surface area contributed by atoms with E-state index in [2.05, 4.69) is 10.3 Å². The minimum atomic E-state index is -1.28. The molecule has 0 aliphatic rings. The van der Waals surface area contributed by atoms with Gasteiger partial charge in [0.25, 0.3) is 5.91 Å². The zero-order chi connectivity index (χ0) is 21.4. The number of primary amides is 1. The van der Waals surface area contributed by atoms with Crippen molar-refractivity contribution in [3.63, 3.8) is 0 Å². The van der Waals surface area contributed by atoms with Crippen LogP contribution in [0, 0.1) is 17.5 Å². The second kappa shape index (κ2) is 7.68. The summed E-state index contributed by atoms with van der Waals surface area (Å²) in [5.41, 5.74) is 10.4. The third-order valence-electron chi connectivity index (χ3n) is 4.65. The van der Waals surface area contributed by atoms with Crippen molar-refractivity contribution in [1.29, 1.82) is 0 Å². The fourth-order valence-electron chi connectivity index (χ4n) is 3.16. The van der Waals surface area contributed by atoms with E-state index in [-0.39, 0.29) is 34.6 Å². The maximum absolute atomic E-state index is 14.9. The Morgan fingerprint density at radius 2 is 1.83 bits per heavy atom. The van der Waals surface area contributed by atoms with Gasteiger partial charge < -0.3 is 16.8 Å². The smallest absolute Gasteiger partial charge is 0.250 e. The van der Waals surface area contributed by atoms with Crippen LogP contribution in [-0.2, 0) is 6.42 Å². The van der Waals surface area contributed by atoms with Crippen LogP contribution in [0.25, 0.3) is 10.1 Å². The van der Waals surface area contributed by atoms with E-state index in [1.54, 1.807) is 23.5 Å². The molecule has 0 fully saturated rings. The molecule has 4 rings (SSSR count). The topological polar surface area (TPSA) is 94.0 Å². The number of amides is 1. The van der Waals surface area contributed by atoms with Crippen LogP contribution in [0.2, 0.25) is 0 Å². The van der Waals surface area contributed by atoms with Gasteiger partial charge in [-0.2, -0.15) is 0 Å². The minimum Gasteiger partial charge on any atom is -0.381 e. The van der Waals surface area contributed by atoms with E-state index in [4.69, 9.17) is 11.5 Å². The van der Waals surface area contributed by atoms with Crippen LogP contribution in [0.15, 0.2) is 48.0 Å². The van der Waals surface area contributed by atoms with Crippen LogP contribution in [0.1, 0.15) is 21.5 Å². The number of aromatic nitrogens is 1. The Morgan fingerprint density at radius 3 is 2.60 bits per heavy atom. The summed E-state index contributed by atoms with van der Waals surface area (Å²) in [6.45, 7) is 0. The summed E-state index contributed by atoms with van der Waals surface area (Å²) in [6, 6.07) is 9.55. The normalized spacial score (nSPS) is 11.0. The Labute approximate surface area is 173 Å². The summed E-state index contributed by atoms with van der Waals surface area (Å²) in [4.78, 5) is 15.6. The van der Waals surface area contributed by atoms with E-state index >= 15 is 0 Å². The number of halogens is 3. The fourth-order valence-corrected chi connectivity index (χ4v) is 3.93. The van der Waals surface area contributed by atoms with Gasteiger partial charge in [-0.3, -0.25) is 4.79 Å². The number of rotatable bonds is 5. The Bertz CT molecular complexity index is 1290. The first-order chi connectivity index (χ1) is 14.3. The number of benzene rings is 2. The monoisotopic (exact) mass is 428 g/mol. The molecular weight excluding hydrogens is 413 g/mol. The second-order valence-corrected chi connectivity index (χ2v) is 7.54. The predicted molar refractivity (Wildman–Crippen MR) is 111 cm³/mol. The molecule has 2 heterocycles. The number of carbonyl (C=O) groups is 1. The molecule has 152 valence electrons. The minimum absolute atomic E-state index is 0.0137. The summed E-state index contributed by atoms with van der Waals surface area (Å²) in [6.07, 6.45) is 0.927. The summed E-state index contributed by atoms with van der Waals surface area (Å²) in [5, 5.41) is 5.56. The van der Waals surface area contributed by atoms with Gasteiger partial charge in [-0.15, -0.1) is 11.3 Å². The van der Waals surface area contributed by atoms with E-state index in [0.29, 0.717) is 5.69 Å². The van der Waals surface area contributed by atoms with Crippen molar-refractivity contribution in [2.24, 2.45) is 5.73 Å². The molecule has 9 heteroatoms. The number of nitrogen functional groups attached to an aromatic ring is 1. The van der Waals surface area contributed by atoms with Gasteiger partial charge in [0, 0.05) is 23.0 Å². The molecule has 0 aliphatic carbocycles. The maximum atomic E-state index is 14.9. The van der Waals surface area contributed by atoms with Crippen molar-refractivity contribution in [2.75, 3.05) is 11.1 Å². The first-order valence-electron chi connectivity index (χ1n) is 8.79. The average molecular weight is 428 g/mol. The van der Waals surface area contributed by atoms with Crippen molar-refractivity contribution in [3.8, 4) is 0 Å². The lowest BCUT2D eigenvalue weighted by molar-refractivity contribution is 0.100. The van der Waals surface area contributed by atoms with Crippen molar-refractivity contribution in [2.45, 2.75) is 6.42 Å². The van der Waals surface area contributed by atoms with Gasteiger partial charge in [0.05, 0.1) is 11.3 Å². The molecule has 0 bridgehead atoms. The van der Waals surface area contributed by atoms with E-state index < -0.39 is 23.4 Å². The van der Waals surface area contributed by atoms with Gasteiger partial charge in [-0.05, 0) is 58.3 Å². The maximum Gasteiger partial charge on any atom is 0.250 e. The third kappa shape index (κ3) is 3.55. The Balaban J connectivity index is 1.76. The number of pyridine rings is 1. The van der Waals surface area contributed by atoms with Crippen molar-refractivity contribution in [3.05, 3.63) is 82.1 Å².